The molecule has 106 valence electrons. The first-order chi connectivity index (χ1) is 8.52. The van der Waals surface area contributed by atoms with Crippen LogP contribution in [-0.4, -0.2) is 32.6 Å². The summed E-state index contributed by atoms with van der Waals surface area (Å²) in [4.78, 5) is 14.3. The van der Waals surface area contributed by atoms with Gasteiger partial charge >= 0.3 is 0 Å². The molecule has 2 nitrogen and oxygen atoms in total. The number of allylic oxidation sites excluding steroid dienone is 3. The van der Waals surface area contributed by atoms with E-state index in [0.717, 1.165) is 5.57 Å². The molecular weight excluding hydrogens is 305 g/mol. The van der Waals surface area contributed by atoms with Gasteiger partial charge in [-0.3, -0.25) is 4.79 Å². The first kappa shape index (κ1) is 15.2. The van der Waals surface area contributed by atoms with E-state index in [9.17, 15) is 4.79 Å². The van der Waals surface area contributed by atoms with Crippen molar-refractivity contribution in [3.05, 3.63) is 23.8 Å². The number of alkyl halides is 3. The first-order valence-electron chi connectivity index (χ1n) is 6.24. The summed E-state index contributed by atoms with van der Waals surface area (Å²) >= 11 is 19.3. The van der Waals surface area contributed by atoms with Gasteiger partial charge in [0.05, 0.1) is 10.8 Å². The zero-order chi connectivity index (χ0) is 14.6. The van der Waals surface area contributed by atoms with Crippen LogP contribution in [0.2, 0.25) is 0 Å². The van der Waals surface area contributed by atoms with E-state index in [4.69, 9.17) is 34.8 Å². The Labute approximate surface area is 129 Å². The zero-order valence-corrected chi connectivity index (χ0v) is 13.8. The molecule has 2 rings (SSSR count). The van der Waals surface area contributed by atoms with Crippen molar-refractivity contribution in [2.45, 2.75) is 42.9 Å². The van der Waals surface area contributed by atoms with Crippen LogP contribution in [0.3, 0.4) is 0 Å². The molecule has 1 aliphatic heterocycles. The number of nitrogens with zero attached hydrogens (tertiary/aromatic N) is 1. The summed E-state index contributed by atoms with van der Waals surface area (Å²) in [5, 5.41) is -0.400. The third-order valence-electron chi connectivity index (χ3n) is 3.83. The zero-order valence-electron chi connectivity index (χ0n) is 11.5. The van der Waals surface area contributed by atoms with E-state index in [1.807, 2.05) is 45.9 Å². The second kappa shape index (κ2) is 4.41. The number of carbonyl (C=O) groups is 1. The van der Waals surface area contributed by atoms with Crippen LogP contribution >= 0.6 is 34.8 Å². The summed E-state index contributed by atoms with van der Waals surface area (Å²) in [6.07, 6.45) is 5.72. The van der Waals surface area contributed by atoms with Gasteiger partial charge in [0.25, 0.3) is 5.91 Å². The van der Waals surface area contributed by atoms with Crippen LogP contribution in [0.25, 0.3) is 0 Å². The van der Waals surface area contributed by atoms with E-state index in [-0.39, 0.29) is 11.4 Å². The summed E-state index contributed by atoms with van der Waals surface area (Å²) in [7, 11) is 0. The van der Waals surface area contributed by atoms with Gasteiger partial charge in [0.2, 0.25) is 4.33 Å². The Kier molecular flexibility index (Phi) is 3.53. The van der Waals surface area contributed by atoms with E-state index in [2.05, 4.69) is 0 Å². The number of carbonyl (C=O) groups excluding carboxylic acids is 1. The molecule has 0 bridgehead atoms. The molecule has 0 aromatic carbocycles. The van der Waals surface area contributed by atoms with Gasteiger partial charge in [-0.2, -0.15) is 0 Å². The lowest BCUT2D eigenvalue weighted by molar-refractivity contribution is -0.132. The Balaban J connectivity index is 2.54. The molecule has 1 fully saturated rings. The minimum absolute atomic E-state index is 0.270. The third kappa shape index (κ3) is 2.12. The molecule has 1 saturated heterocycles. The fourth-order valence-corrected chi connectivity index (χ4v) is 3.83. The Morgan fingerprint density at radius 1 is 1.37 bits per heavy atom. The topological polar surface area (TPSA) is 20.3 Å². The number of rotatable bonds is 0. The molecule has 2 atom stereocenters. The van der Waals surface area contributed by atoms with Gasteiger partial charge in [0.15, 0.2) is 0 Å². The molecule has 0 aromatic rings. The van der Waals surface area contributed by atoms with Crippen LogP contribution < -0.4 is 0 Å². The van der Waals surface area contributed by atoms with Crippen molar-refractivity contribution in [3.8, 4) is 0 Å². The van der Waals surface area contributed by atoms with E-state index < -0.39 is 15.1 Å². The molecule has 1 spiro atoms. The molecule has 0 saturated carbocycles. The highest BCUT2D eigenvalue weighted by atomic mass is 35.5. The average Bonchev–Trinajstić information content (AvgIpc) is 2.45. The van der Waals surface area contributed by atoms with E-state index in [1.165, 1.54) is 0 Å². The molecule has 0 N–H and O–H groups in total. The Bertz CT molecular complexity index is 476. The van der Waals surface area contributed by atoms with Crippen LogP contribution in [0.15, 0.2) is 23.8 Å². The van der Waals surface area contributed by atoms with Gasteiger partial charge < -0.3 is 4.90 Å². The highest BCUT2D eigenvalue weighted by molar-refractivity contribution is 6.59. The predicted molar refractivity (Wildman–Crippen MR) is 80.9 cm³/mol. The minimum atomic E-state index is -1.53. The molecule has 2 unspecified atom stereocenters. The monoisotopic (exact) mass is 321 g/mol. The molecule has 0 aromatic heterocycles. The molecule has 0 radical (unpaired) electrons. The standard InChI is InChI=1S/C14H18Cl3NO/c1-9-5-6-10(15)13(7-9)8-18(12(2,3)4)11(19)14(13,16)17/h5-7,10H,8H2,1-4H3. The number of halogens is 3. The predicted octanol–water partition coefficient (Wildman–Crippen LogP) is 3.91. The van der Waals surface area contributed by atoms with Gasteiger partial charge in [-0.05, 0) is 27.7 Å². The maximum absolute atomic E-state index is 12.5. The summed E-state index contributed by atoms with van der Waals surface area (Å²) in [6, 6.07) is 0. The number of likely N-dealkylation sites (tertiary alicyclic amines) is 1. The minimum Gasteiger partial charge on any atom is -0.334 e. The van der Waals surface area contributed by atoms with Crippen molar-refractivity contribution in [2.24, 2.45) is 5.41 Å². The SMILES string of the molecule is CC1=CC2(CN(C(C)(C)C)C(=O)C2(Cl)Cl)C(Cl)C=C1. The number of hydrogen-bond acceptors (Lipinski definition) is 1. The summed E-state index contributed by atoms with van der Waals surface area (Å²) in [5.41, 5.74) is -0.0955. The fraction of sp³-hybridized carbons (Fsp3) is 0.643. The van der Waals surface area contributed by atoms with E-state index in [0.29, 0.717) is 6.54 Å². The van der Waals surface area contributed by atoms with E-state index >= 15 is 0 Å². The second-order valence-corrected chi connectivity index (χ2v) is 8.12. The summed E-state index contributed by atoms with van der Waals surface area (Å²) < 4.78 is -1.53. The van der Waals surface area contributed by atoms with E-state index in [1.54, 1.807) is 4.90 Å². The highest BCUT2D eigenvalue weighted by Gasteiger charge is 2.65. The lowest BCUT2D eigenvalue weighted by Crippen LogP contribution is -2.46. The van der Waals surface area contributed by atoms with Gasteiger partial charge in [0.1, 0.15) is 0 Å². The highest BCUT2D eigenvalue weighted by Crippen LogP contribution is 2.56. The molecule has 1 heterocycles. The first-order valence-corrected chi connectivity index (χ1v) is 7.43. The van der Waals surface area contributed by atoms with Crippen molar-refractivity contribution in [1.29, 1.82) is 0 Å². The van der Waals surface area contributed by atoms with Crippen LogP contribution in [-0.2, 0) is 4.79 Å². The van der Waals surface area contributed by atoms with Crippen LogP contribution in [0.5, 0.6) is 0 Å². The van der Waals surface area contributed by atoms with Crippen molar-refractivity contribution in [1.82, 2.24) is 4.90 Å². The second-order valence-electron chi connectivity index (χ2n) is 6.33. The summed E-state index contributed by atoms with van der Waals surface area (Å²) in [6.45, 7) is 8.28. The Morgan fingerprint density at radius 2 is 1.95 bits per heavy atom. The van der Waals surface area contributed by atoms with Gasteiger partial charge in [-0.15, -0.1) is 11.6 Å². The lowest BCUT2D eigenvalue weighted by atomic mass is 9.77. The lowest BCUT2D eigenvalue weighted by Gasteiger charge is -2.38. The molecule has 19 heavy (non-hydrogen) atoms. The Hall–Kier alpha value is -0.180. The molecular formula is C14H18Cl3NO. The van der Waals surface area contributed by atoms with Gasteiger partial charge in [-0.1, -0.05) is 47.0 Å². The van der Waals surface area contributed by atoms with Crippen LogP contribution in [0.1, 0.15) is 27.7 Å². The molecule has 5 heteroatoms. The van der Waals surface area contributed by atoms with Crippen molar-refractivity contribution < 1.29 is 4.79 Å². The smallest absolute Gasteiger partial charge is 0.260 e. The molecule has 2 aliphatic rings. The summed E-state index contributed by atoms with van der Waals surface area (Å²) in [5.74, 6) is -0.270. The Morgan fingerprint density at radius 3 is 2.42 bits per heavy atom. The normalized spacial score (nSPS) is 34.1. The fourth-order valence-electron chi connectivity index (χ4n) is 2.68. The van der Waals surface area contributed by atoms with Crippen molar-refractivity contribution in [3.63, 3.8) is 0 Å². The molecule has 1 aliphatic carbocycles. The van der Waals surface area contributed by atoms with Gasteiger partial charge in [0, 0.05) is 12.1 Å². The van der Waals surface area contributed by atoms with Crippen molar-refractivity contribution >= 4 is 40.7 Å². The maximum atomic E-state index is 12.5. The van der Waals surface area contributed by atoms with Crippen LogP contribution in [0.4, 0.5) is 0 Å². The number of amides is 1. The maximum Gasteiger partial charge on any atom is 0.260 e. The largest absolute Gasteiger partial charge is 0.334 e. The quantitative estimate of drug-likeness (QED) is 0.619. The van der Waals surface area contributed by atoms with Gasteiger partial charge in [-0.25, -0.2) is 0 Å². The average molecular weight is 323 g/mol. The number of hydrogen-bond donors (Lipinski definition) is 0. The third-order valence-corrected chi connectivity index (χ3v) is 5.40. The van der Waals surface area contributed by atoms with Crippen LogP contribution in [0, 0.1) is 5.41 Å². The van der Waals surface area contributed by atoms with Crippen molar-refractivity contribution in [2.75, 3.05) is 6.54 Å². The molecule has 1 amide bonds.